The van der Waals surface area contributed by atoms with Crippen LogP contribution in [0.15, 0.2) is 0 Å². The van der Waals surface area contributed by atoms with Crippen LogP contribution < -0.4 is 0 Å². The van der Waals surface area contributed by atoms with Gasteiger partial charge < -0.3 is 0 Å². The molecule has 0 aromatic carbocycles. The van der Waals surface area contributed by atoms with Gasteiger partial charge >= 0.3 is 157 Å². The van der Waals surface area contributed by atoms with Crippen LogP contribution in [0.2, 0.25) is 12.8 Å². The topological polar surface area (TPSA) is 0 Å². The molecule has 0 heterocycles. The van der Waals surface area contributed by atoms with E-state index in [0.29, 0.717) is 0 Å². The first-order chi connectivity index (χ1) is 10.6. The molecule has 2 heteroatoms. The van der Waals surface area contributed by atoms with E-state index < -0.39 is 16.2 Å². The Bertz CT molecular complexity index is 342. The van der Waals surface area contributed by atoms with Crippen LogP contribution in [0.4, 0.5) is 0 Å². The standard InChI is InChI=1S/2C10H19.CH3.BrH.Sn/c2*1-8(2)10-6-4-9(3)5-7-10;;;/h2*6,8-10H,4-5,7H2,1-3H3;1H3;1H;/q;;;;+1/p-1/t2*9-,10-;;;/m00.../s1. The summed E-state index contributed by atoms with van der Waals surface area (Å²) in [5.41, 5.74) is 0. The van der Waals surface area contributed by atoms with Crippen molar-refractivity contribution in [3.63, 3.8) is 0 Å². The predicted octanol–water partition coefficient (Wildman–Crippen LogP) is 7.88. The monoisotopic (exact) mass is 492 g/mol. The normalized spacial score (nSPS) is 39.9. The van der Waals surface area contributed by atoms with Gasteiger partial charge in [-0.1, -0.05) is 0 Å². The number of rotatable bonds is 4. The fraction of sp³-hybridized carbons (Fsp3) is 1.00. The van der Waals surface area contributed by atoms with Gasteiger partial charge in [0.2, 0.25) is 0 Å². The molecule has 2 rings (SSSR count). The Balaban J connectivity index is 2.28. The van der Waals surface area contributed by atoms with Crippen LogP contribution in [-0.4, -0.2) is 16.2 Å². The quantitative estimate of drug-likeness (QED) is 0.351. The fourth-order valence-corrected chi connectivity index (χ4v) is 27.5. The van der Waals surface area contributed by atoms with Gasteiger partial charge in [0.1, 0.15) is 0 Å². The first-order valence-corrected chi connectivity index (χ1v) is 22.9. The van der Waals surface area contributed by atoms with E-state index in [1.54, 1.807) is 0 Å². The molecule has 23 heavy (non-hydrogen) atoms. The van der Waals surface area contributed by atoms with Crippen molar-refractivity contribution in [3.05, 3.63) is 0 Å². The van der Waals surface area contributed by atoms with E-state index in [1.165, 1.54) is 38.5 Å². The van der Waals surface area contributed by atoms with Crippen molar-refractivity contribution in [1.29, 1.82) is 0 Å². The molecule has 0 spiro atoms. The Hall–Kier alpha value is 1.28. The van der Waals surface area contributed by atoms with Crippen molar-refractivity contribution in [3.8, 4) is 0 Å². The summed E-state index contributed by atoms with van der Waals surface area (Å²) in [6.07, 6.45) is 8.99. The van der Waals surface area contributed by atoms with Gasteiger partial charge in [-0.15, -0.1) is 0 Å². The van der Waals surface area contributed by atoms with E-state index in [1.807, 2.05) is 0 Å². The summed E-state index contributed by atoms with van der Waals surface area (Å²) in [6, 6.07) is 0. The van der Waals surface area contributed by atoms with Crippen molar-refractivity contribution < 1.29 is 0 Å². The summed E-state index contributed by atoms with van der Waals surface area (Å²) in [5, 5.41) is 0. The van der Waals surface area contributed by atoms with Crippen molar-refractivity contribution in [2.75, 3.05) is 0 Å². The van der Waals surface area contributed by atoms with Gasteiger partial charge in [0.15, 0.2) is 0 Å². The molecule has 0 radical (unpaired) electrons. The maximum absolute atomic E-state index is 4.59. The summed E-state index contributed by atoms with van der Waals surface area (Å²) in [5.74, 6) is 5.66. The molecule has 0 aliphatic heterocycles. The fourth-order valence-electron chi connectivity index (χ4n) is 5.98. The maximum atomic E-state index is 4.59. The van der Waals surface area contributed by atoms with Crippen LogP contribution in [0.3, 0.4) is 0 Å². The second-order valence-corrected chi connectivity index (χ2v) is 32.3. The number of halogens is 1. The third-order valence-electron chi connectivity index (χ3n) is 7.49. The molecule has 6 atom stereocenters. The van der Waals surface area contributed by atoms with Gasteiger partial charge in [0.25, 0.3) is 0 Å². The molecule has 0 N–H and O–H groups in total. The summed E-state index contributed by atoms with van der Waals surface area (Å²) in [6.45, 7) is 15.0. The van der Waals surface area contributed by atoms with E-state index in [2.05, 4.69) is 59.2 Å². The zero-order valence-electron chi connectivity index (χ0n) is 16.7. The van der Waals surface area contributed by atoms with Crippen LogP contribution in [-0.2, 0) is 0 Å². The van der Waals surface area contributed by atoms with Gasteiger partial charge in [0, 0.05) is 0 Å². The third-order valence-corrected chi connectivity index (χ3v) is 27.5. The molecule has 2 saturated carbocycles. The minimum atomic E-state index is -2.32. The Kier molecular flexibility index (Phi) is 7.44. The Labute approximate surface area is 156 Å². The summed E-state index contributed by atoms with van der Waals surface area (Å²) in [4.78, 5) is 2.78. The number of hydrogen-bond acceptors (Lipinski definition) is 0. The molecule has 0 aromatic rings. The number of hydrogen-bond donors (Lipinski definition) is 0. The van der Waals surface area contributed by atoms with Crippen LogP contribution in [0, 0.1) is 35.5 Å². The van der Waals surface area contributed by atoms with E-state index in [4.69, 9.17) is 0 Å². The van der Waals surface area contributed by atoms with Crippen molar-refractivity contribution >= 4 is 28.9 Å². The van der Waals surface area contributed by atoms with E-state index in [0.717, 1.165) is 43.4 Å². The van der Waals surface area contributed by atoms with Crippen LogP contribution in [0.25, 0.3) is 0 Å². The van der Waals surface area contributed by atoms with Gasteiger partial charge in [-0.05, 0) is 0 Å². The van der Waals surface area contributed by atoms with E-state index >= 15 is 0 Å². The third kappa shape index (κ3) is 4.72. The molecule has 0 aromatic heterocycles. The predicted molar refractivity (Wildman–Crippen MR) is 111 cm³/mol. The van der Waals surface area contributed by atoms with Gasteiger partial charge in [-0.3, -0.25) is 0 Å². The first kappa shape index (κ1) is 20.6. The van der Waals surface area contributed by atoms with Crippen molar-refractivity contribution in [1.82, 2.24) is 0 Å². The Morgan fingerprint density at radius 2 is 1.09 bits per heavy atom. The molecule has 0 nitrogen and oxygen atoms in total. The van der Waals surface area contributed by atoms with Gasteiger partial charge in [-0.2, -0.15) is 0 Å². The Morgan fingerprint density at radius 3 is 1.39 bits per heavy atom. The van der Waals surface area contributed by atoms with Gasteiger partial charge in [0.05, 0.1) is 0 Å². The SMILES string of the molecule is CC(C)[C@@H]1CC[C@@H](C)C[C@H]1[Sn]([CH3])([Br])[C@@H]1C[C@H](C)CC[C@H]1C(C)C. The molecule has 2 aliphatic rings. The average molecular weight is 492 g/mol. The molecule has 2 aliphatic carbocycles. The molecular weight excluding hydrogens is 451 g/mol. The van der Waals surface area contributed by atoms with Gasteiger partial charge in [-0.25, -0.2) is 0 Å². The minimum absolute atomic E-state index is 0.875. The van der Waals surface area contributed by atoms with Crippen LogP contribution in [0.1, 0.15) is 80.1 Å². The molecule has 0 unspecified atom stereocenters. The molecule has 136 valence electrons. The van der Waals surface area contributed by atoms with E-state index in [-0.39, 0.29) is 0 Å². The average Bonchev–Trinajstić information content (AvgIpc) is 2.46. The second kappa shape index (κ2) is 8.31. The summed E-state index contributed by atoms with van der Waals surface area (Å²) < 4.78 is 2.12. The molecule has 0 saturated heterocycles. The zero-order chi connectivity index (χ0) is 17.4. The molecular formula is C21H41BrSn. The van der Waals surface area contributed by atoms with Crippen LogP contribution in [0.5, 0.6) is 0 Å². The molecule has 2 fully saturated rings. The van der Waals surface area contributed by atoms with E-state index in [9.17, 15) is 0 Å². The second-order valence-electron chi connectivity index (χ2n) is 10.0. The van der Waals surface area contributed by atoms with Crippen LogP contribution >= 0.6 is 12.7 Å². The molecule has 0 bridgehead atoms. The Morgan fingerprint density at radius 1 is 0.739 bits per heavy atom. The van der Waals surface area contributed by atoms with Crippen molar-refractivity contribution in [2.45, 2.75) is 92.9 Å². The van der Waals surface area contributed by atoms with Crippen molar-refractivity contribution in [2.24, 2.45) is 35.5 Å². The summed E-state index contributed by atoms with van der Waals surface area (Å²) in [7, 11) is 0. The zero-order valence-corrected chi connectivity index (χ0v) is 21.2. The summed E-state index contributed by atoms with van der Waals surface area (Å²) >= 11 is 2.27. The molecule has 0 amide bonds. The first-order valence-electron chi connectivity index (χ1n) is 10.3.